The van der Waals surface area contributed by atoms with Gasteiger partial charge in [-0.2, -0.15) is 0 Å². The standard InChI is InChI=1S/C14H18O4/c1-9(2)5-11(7-14(15)16)10-3-4-12-13(6-10)18-8-17-12/h3-4,6,9,11H,5,7-8H2,1-2H3,(H,15,16). The van der Waals surface area contributed by atoms with Crippen LogP contribution in [0, 0.1) is 5.92 Å². The summed E-state index contributed by atoms with van der Waals surface area (Å²) in [5, 5.41) is 9.00. The summed E-state index contributed by atoms with van der Waals surface area (Å²) in [6.07, 6.45) is 1.00. The summed E-state index contributed by atoms with van der Waals surface area (Å²) in [5.41, 5.74) is 1.01. The predicted octanol–water partition coefficient (Wildman–Crippen LogP) is 3.02. The Morgan fingerprint density at radius 3 is 2.72 bits per heavy atom. The Balaban J connectivity index is 2.21. The molecule has 1 aliphatic heterocycles. The first kappa shape index (κ1) is 12.7. The van der Waals surface area contributed by atoms with E-state index in [4.69, 9.17) is 14.6 Å². The third kappa shape index (κ3) is 2.94. The number of carboxylic acid groups (broad SMARTS) is 1. The molecule has 18 heavy (non-hydrogen) atoms. The van der Waals surface area contributed by atoms with E-state index in [2.05, 4.69) is 13.8 Å². The molecule has 1 heterocycles. The molecule has 0 fully saturated rings. The first-order valence-corrected chi connectivity index (χ1v) is 6.17. The number of hydrogen-bond acceptors (Lipinski definition) is 3. The van der Waals surface area contributed by atoms with Crippen molar-refractivity contribution in [3.63, 3.8) is 0 Å². The second-order valence-corrected chi connectivity index (χ2v) is 5.04. The van der Waals surface area contributed by atoms with Crippen molar-refractivity contribution in [3.8, 4) is 11.5 Å². The minimum Gasteiger partial charge on any atom is -0.481 e. The number of hydrogen-bond donors (Lipinski definition) is 1. The average Bonchev–Trinajstić information content (AvgIpc) is 2.73. The van der Waals surface area contributed by atoms with Crippen LogP contribution in [0.4, 0.5) is 0 Å². The molecule has 2 rings (SSSR count). The summed E-state index contributed by atoms with van der Waals surface area (Å²) >= 11 is 0. The van der Waals surface area contributed by atoms with Gasteiger partial charge in [0.1, 0.15) is 0 Å². The Hall–Kier alpha value is -1.71. The topological polar surface area (TPSA) is 55.8 Å². The highest BCUT2D eigenvalue weighted by Crippen LogP contribution is 2.37. The zero-order chi connectivity index (χ0) is 13.1. The molecule has 0 aliphatic carbocycles. The Morgan fingerprint density at radius 2 is 2.06 bits per heavy atom. The van der Waals surface area contributed by atoms with Gasteiger partial charge < -0.3 is 14.6 Å². The fourth-order valence-corrected chi connectivity index (χ4v) is 2.28. The maximum absolute atomic E-state index is 10.9. The van der Waals surface area contributed by atoms with Gasteiger partial charge >= 0.3 is 5.97 Å². The first-order valence-electron chi connectivity index (χ1n) is 6.17. The summed E-state index contributed by atoms with van der Waals surface area (Å²) in [6, 6.07) is 5.69. The molecule has 0 radical (unpaired) electrons. The molecule has 1 atom stereocenters. The highest BCUT2D eigenvalue weighted by atomic mass is 16.7. The van der Waals surface area contributed by atoms with Gasteiger partial charge in [0.15, 0.2) is 11.5 Å². The van der Waals surface area contributed by atoms with Crippen LogP contribution in [-0.4, -0.2) is 17.9 Å². The number of carboxylic acids is 1. The van der Waals surface area contributed by atoms with Crippen molar-refractivity contribution in [2.24, 2.45) is 5.92 Å². The normalized spacial score (nSPS) is 14.8. The van der Waals surface area contributed by atoms with E-state index in [1.807, 2.05) is 18.2 Å². The molecular weight excluding hydrogens is 232 g/mol. The van der Waals surface area contributed by atoms with Crippen molar-refractivity contribution < 1.29 is 19.4 Å². The van der Waals surface area contributed by atoms with Crippen molar-refractivity contribution in [1.29, 1.82) is 0 Å². The van der Waals surface area contributed by atoms with E-state index in [1.165, 1.54) is 0 Å². The number of aliphatic carboxylic acids is 1. The lowest BCUT2D eigenvalue weighted by Crippen LogP contribution is -2.09. The summed E-state index contributed by atoms with van der Waals surface area (Å²) in [7, 11) is 0. The van der Waals surface area contributed by atoms with E-state index >= 15 is 0 Å². The first-order chi connectivity index (χ1) is 8.56. The molecule has 0 aromatic heterocycles. The molecule has 4 nitrogen and oxygen atoms in total. The van der Waals surface area contributed by atoms with Gasteiger partial charge in [-0.1, -0.05) is 19.9 Å². The molecule has 98 valence electrons. The lowest BCUT2D eigenvalue weighted by atomic mass is 9.87. The summed E-state index contributed by atoms with van der Waals surface area (Å²) in [5.74, 6) is 1.17. The average molecular weight is 250 g/mol. The maximum Gasteiger partial charge on any atom is 0.303 e. The van der Waals surface area contributed by atoms with Gasteiger partial charge in [-0.05, 0) is 36.0 Å². The lowest BCUT2D eigenvalue weighted by molar-refractivity contribution is -0.137. The smallest absolute Gasteiger partial charge is 0.303 e. The molecule has 1 aliphatic rings. The highest BCUT2D eigenvalue weighted by molar-refractivity contribution is 5.68. The van der Waals surface area contributed by atoms with Crippen LogP contribution in [0.3, 0.4) is 0 Å². The molecule has 0 saturated heterocycles. The SMILES string of the molecule is CC(C)CC(CC(=O)O)c1ccc2c(c1)OCO2. The van der Waals surface area contributed by atoms with Crippen LogP contribution in [0.5, 0.6) is 11.5 Å². The zero-order valence-electron chi connectivity index (χ0n) is 10.7. The maximum atomic E-state index is 10.9. The van der Waals surface area contributed by atoms with Gasteiger partial charge in [-0.3, -0.25) is 4.79 Å². The summed E-state index contributed by atoms with van der Waals surface area (Å²) in [6.45, 7) is 4.44. The van der Waals surface area contributed by atoms with Crippen LogP contribution in [0.1, 0.15) is 38.2 Å². The molecule has 0 spiro atoms. The molecule has 0 bridgehead atoms. The second kappa shape index (κ2) is 5.29. The molecule has 1 aromatic rings. The lowest BCUT2D eigenvalue weighted by Gasteiger charge is -2.17. The Labute approximate surface area is 107 Å². The van der Waals surface area contributed by atoms with E-state index < -0.39 is 5.97 Å². The molecular formula is C14H18O4. The molecule has 1 unspecified atom stereocenters. The molecule has 0 saturated carbocycles. The largest absolute Gasteiger partial charge is 0.481 e. The monoisotopic (exact) mass is 250 g/mol. The fourth-order valence-electron chi connectivity index (χ4n) is 2.28. The van der Waals surface area contributed by atoms with Gasteiger partial charge in [0, 0.05) is 0 Å². The predicted molar refractivity (Wildman–Crippen MR) is 67.0 cm³/mol. The Bertz CT molecular complexity index is 439. The van der Waals surface area contributed by atoms with Crippen LogP contribution < -0.4 is 9.47 Å². The number of rotatable bonds is 5. The molecule has 4 heteroatoms. The van der Waals surface area contributed by atoms with Crippen molar-refractivity contribution in [2.75, 3.05) is 6.79 Å². The van der Waals surface area contributed by atoms with Crippen LogP contribution in [0.15, 0.2) is 18.2 Å². The van der Waals surface area contributed by atoms with Crippen LogP contribution in [-0.2, 0) is 4.79 Å². The molecule has 0 amide bonds. The van der Waals surface area contributed by atoms with Gasteiger partial charge in [-0.25, -0.2) is 0 Å². The zero-order valence-corrected chi connectivity index (χ0v) is 10.7. The van der Waals surface area contributed by atoms with Gasteiger partial charge in [-0.15, -0.1) is 0 Å². The van der Waals surface area contributed by atoms with Crippen LogP contribution in [0.25, 0.3) is 0 Å². The second-order valence-electron chi connectivity index (χ2n) is 5.04. The highest BCUT2D eigenvalue weighted by Gasteiger charge is 2.20. The third-order valence-corrected chi connectivity index (χ3v) is 3.04. The van der Waals surface area contributed by atoms with Gasteiger partial charge in [0.2, 0.25) is 6.79 Å². The quantitative estimate of drug-likeness (QED) is 0.872. The molecule has 1 N–H and O–H groups in total. The Morgan fingerprint density at radius 1 is 1.33 bits per heavy atom. The van der Waals surface area contributed by atoms with E-state index in [1.54, 1.807) is 0 Å². The van der Waals surface area contributed by atoms with Gasteiger partial charge in [0.25, 0.3) is 0 Å². The fraction of sp³-hybridized carbons (Fsp3) is 0.500. The number of benzene rings is 1. The minimum atomic E-state index is -0.765. The van der Waals surface area contributed by atoms with Crippen molar-refractivity contribution >= 4 is 5.97 Å². The van der Waals surface area contributed by atoms with E-state index in [0.29, 0.717) is 11.7 Å². The van der Waals surface area contributed by atoms with Crippen molar-refractivity contribution in [2.45, 2.75) is 32.6 Å². The Kier molecular flexibility index (Phi) is 3.75. The van der Waals surface area contributed by atoms with Crippen molar-refractivity contribution in [3.05, 3.63) is 23.8 Å². The van der Waals surface area contributed by atoms with Crippen molar-refractivity contribution in [1.82, 2.24) is 0 Å². The van der Waals surface area contributed by atoms with Crippen LogP contribution in [0.2, 0.25) is 0 Å². The molecule has 1 aromatic carbocycles. The number of carbonyl (C=O) groups is 1. The van der Waals surface area contributed by atoms with E-state index in [9.17, 15) is 4.79 Å². The van der Waals surface area contributed by atoms with Gasteiger partial charge in [0.05, 0.1) is 6.42 Å². The number of ether oxygens (including phenoxy) is 2. The number of fused-ring (bicyclic) bond motifs is 1. The van der Waals surface area contributed by atoms with E-state index in [0.717, 1.165) is 17.7 Å². The van der Waals surface area contributed by atoms with E-state index in [-0.39, 0.29) is 19.1 Å². The minimum absolute atomic E-state index is 0.0250. The summed E-state index contributed by atoms with van der Waals surface area (Å²) in [4.78, 5) is 10.9. The van der Waals surface area contributed by atoms with Crippen LogP contribution >= 0.6 is 0 Å². The summed E-state index contributed by atoms with van der Waals surface area (Å²) < 4.78 is 10.6. The third-order valence-electron chi connectivity index (χ3n) is 3.04.